The van der Waals surface area contributed by atoms with Gasteiger partial charge in [-0.3, -0.25) is 9.36 Å². The highest BCUT2D eigenvalue weighted by molar-refractivity contribution is 7.07. The first-order valence-electron chi connectivity index (χ1n) is 14.0. The molecule has 0 N–H and O–H groups in total. The molecule has 43 heavy (non-hydrogen) atoms. The average Bonchev–Trinajstić information content (AvgIpc) is 3.34. The number of esters is 1. The standard InChI is InChI=1S/C34H34N2O6S/c1-7-42-33(38)28-29(23-11-9-8-10-12-23)35-34-36(30(28)24-15-13-22(14-16-24)20(2)3)32(37)27(43-34)19-21-17-25(39-4)31(41-6)26(18-21)40-5/h8-20,30H,7H2,1-6H3/b27-19-/t30-/m1/s1. The van der Waals surface area contributed by atoms with Crippen LogP contribution >= 0.6 is 11.3 Å². The maximum atomic E-state index is 14.2. The van der Waals surface area contributed by atoms with Crippen LogP contribution in [0.3, 0.4) is 0 Å². The Morgan fingerprint density at radius 2 is 1.63 bits per heavy atom. The van der Waals surface area contributed by atoms with Gasteiger partial charge < -0.3 is 18.9 Å². The summed E-state index contributed by atoms with van der Waals surface area (Å²) in [5, 5.41) is 0. The third-order valence-electron chi connectivity index (χ3n) is 7.28. The van der Waals surface area contributed by atoms with E-state index in [1.807, 2.05) is 54.6 Å². The Morgan fingerprint density at radius 1 is 0.977 bits per heavy atom. The molecule has 0 aliphatic carbocycles. The van der Waals surface area contributed by atoms with E-state index < -0.39 is 12.0 Å². The van der Waals surface area contributed by atoms with Gasteiger partial charge in [0.05, 0.1) is 49.8 Å². The first kappa shape index (κ1) is 29.8. The quantitative estimate of drug-likeness (QED) is 0.250. The lowest BCUT2D eigenvalue weighted by Gasteiger charge is -2.26. The number of fused-ring (bicyclic) bond motifs is 1. The van der Waals surface area contributed by atoms with Crippen LogP contribution < -0.4 is 29.1 Å². The van der Waals surface area contributed by atoms with Crippen molar-refractivity contribution < 1.29 is 23.7 Å². The van der Waals surface area contributed by atoms with E-state index in [-0.39, 0.29) is 12.2 Å². The summed E-state index contributed by atoms with van der Waals surface area (Å²) in [4.78, 5) is 33.3. The smallest absolute Gasteiger partial charge is 0.338 e. The van der Waals surface area contributed by atoms with E-state index >= 15 is 0 Å². The fourth-order valence-electron chi connectivity index (χ4n) is 5.16. The molecule has 0 spiro atoms. The molecule has 1 aliphatic rings. The molecule has 0 saturated carbocycles. The van der Waals surface area contributed by atoms with Gasteiger partial charge in [0.2, 0.25) is 5.75 Å². The minimum Gasteiger partial charge on any atom is -0.493 e. The zero-order valence-electron chi connectivity index (χ0n) is 25.0. The van der Waals surface area contributed by atoms with Gasteiger partial charge in [0.1, 0.15) is 0 Å². The van der Waals surface area contributed by atoms with E-state index in [9.17, 15) is 9.59 Å². The second kappa shape index (κ2) is 12.7. The number of carbonyl (C=O) groups excluding carboxylic acids is 1. The normalized spacial score (nSPS) is 14.8. The van der Waals surface area contributed by atoms with Crippen LogP contribution in [0.4, 0.5) is 0 Å². The molecule has 222 valence electrons. The summed E-state index contributed by atoms with van der Waals surface area (Å²) >= 11 is 1.25. The number of nitrogens with zero attached hydrogens (tertiary/aromatic N) is 2. The van der Waals surface area contributed by atoms with Crippen LogP contribution in [-0.4, -0.2) is 38.5 Å². The fraction of sp³-hybridized carbons (Fsp3) is 0.265. The van der Waals surface area contributed by atoms with Gasteiger partial charge in [0, 0.05) is 5.56 Å². The summed E-state index contributed by atoms with van der Waals surface area (Å²) in [6.45, 7) is 6.20. The van der Waals surface area contributed by atoms with Crippen molar-refractivity contribution in [1.82, 2.24) is 4.57 Å². The van der Waals surface area contributed by atoms with Crippen molar-refractivity contribution in [3.05, 3.63) is 114 Å². The zero-order chi connectivity index (χ0) is 30.7. The summed E-state index contributed by atoms with van der Waals surface area (Å²) in [7, 11) is 4.63. The Kier molecular flexibility index (Phi) is 8.82. The third-order valence-corrected chi connectivity index (χ3v) is 8.26. The van der Waals surface area contributed by atoms with Gasteiger partial charge in [-0.05, 0) is 47.7 Å². The second-order valence-electron chi connectivity index (χ2n) is 10.2. The van der Waals surface area contributed by atoms with Crippen LogP contribution in [0.5, 0.6) is 17.2 Å². The van der Waals surface area contributed by atoms with Crippen molar-refractivity contribution in [2.24, 2.45) is 4.99 Å². The number of thiazole rings is 1. The van der Waals surface area contributed by atoms with Gasteiger partial charge in [0.15, 0.2) is 16.3 Å². The van der Waals surface area contributed by atoms with Crippen LogP contribution in [0.15, 0.2) is 82.1 Å². The highest BCUT2D eigenvalue weighted by atomic mass is 32.1. The van der Waals surface area contributed by atoms with Gasteiger partial charge >= 0.3 is 5.97 Å². The SMILES string of the molecule is CCOC(=O)C1=C(c2ccccc2)N=c2s/c(=C\c3cc(OC)c(OC)c(OC)c3)c(=O)n2[C@@H]1c1ccc(C(C)C)cc1. The van der Waals surface area contributed by atoms with Crippen molar-refractivity contribution in [2.75, 3.05) is 27.9 Å². The van der Waals surface area contributed by atoms with E-state index in [1.165, 1.54) is 18.4 Å². The molecule has 9 heteroatoms. The number of hydrogen-bond acceptors (Lipinski definition) is 8. The maximum Gasteiger partial charge on any atom is 0.338 e. The Labute approximate surface area is 254 Å². The minimum atomic E-state index is -0.742. The molecular weight excluding hydrogens is 564 g/mol. The molecule has 3 aromatic carbocycles. The molecular formula is C34H34N2O6S. The van der Waals surface area contributed by atoms with E-state index in [0.29, 0.717) is 49.3 Å². The Morgan fingerprint density at radius 3 is 2.19 bits per heavy atom. The number of aromatic nitrogens is 1. The highest BCUT2D eigenvalue weighted by Gasteiger charge is 2.35. The number of benzene rings is 3. The lowest BCUT2D eigenvalue weighted by Crippen LogP contribution is -2.40. The Bertz CT molecular complexity index is 1830. The molecule has 8 nitrogen and oxygen atoms in total. The van der Waals surface area contributed by atoms with Gasteiger partial charge in [-0.2, -0.15) is 0 Å². The third kappa shape index (κ3) is 5.72. The van der Waals surface area contributed by atoms with Crippen molar-refractivity contribution in [1.29, 1.82) is 0 Å². The zero-order valence-corrected chi connectivity index (χ0v) is 25.9. The van der Waals surface area contributed by atoms with E-state index in [4.69, 9.17) is 23.9 Å². The predicted molar refractivity (Wildman–Crippen MR) is 168 cm³/mol. The lowest BCUT2D eigenvalue weighted by atomic mass is 9.91. The number of methoxy groups -OCH3 is 3. The van der Waals surface area contributed by atoms with Crippen LogP contribution in [0.25, 0.3) is 11.8 Å². The van der Waals surface area contributed by atoms with E-state index in [0.717, 1.165) is 16.7 Å². The van der Waals surface area contributed by atoms with Crippen molar-refractivity contribution in [3.8, 4) is 17.2 Å². The molecule has 1 aromatic heterocycles. The minimum absolute atomic E-state index is 0.189. The molecule has 0 unspecified atom stereocenters. The summed E-state index contributed by atoms with van der Waals surface area (Å²) in [6.07, 6.45) is 1.77. The lowest BCUT2D eigenvalue weighted by molar-refractivity contribution is -0.138. The average molecular weight is 599 g/mol. The predicted octanol–water partition coefficient (Wildman–Crippen LogP) is 5.08. The van der Waals surface area contributed by atoms with Crippen LogP contribution in [0.1, 0.15) is 55.0 Å². The fourth-order valence-corrected chi connectivity index (χ4v) is 6.16. The van der Waals surface area contributed by atoms with Gasteiger partial charge in [0.25, 0.3) is 5.56 Å². The molecule has 1 aliphatic heterocycles. The van der Waals surface area contributed by atoms with Crippen molar-refractivity contribution in [2.45, 2.75) is 32.7 Å². The molecule has 0 fully saturated rings. The molecule has 0 bridgehead atoms. The Balaban J connectivity index is 1.80. The number of carbonyl (C=O) groups is 1. The van der Waals surface area contributed by atoms with Crippen LogP contribution in [0, 0.1) is 0 Å². The highest BCUT2D eigenvalue weighted by Crippen LogP contribution is 2.39. The second-order valence-corrected chi connectivity index (χ2v) is 11.2. The van der Waals surface area contributed by atoms with Gasteiger partial charge in [-0.25, -0.2) is 9.79 Å². The maximum absolute atomic E-state index is 14.2. The van der Waals surface area contributed by atoms with E-state index in [1.54, 1.807) is 43.9 Å². The topological polar surface area (TPSA) is 88.4 Å². The summed E-state index contributed by atoms with van der Waals surface area (Å²) in [5.74, 6) is 1.22. The molecule has 1 atom stereocenters. The first-order chi connectivity index (χ1) is 20.8. The van der Waals surface area contributed by atoms with Gasteiger partial charge in [-0.15, -0.1) is 0 Å². The number of rotatable bonds is 9. The molecule has 4 aromatic rings. The molecule has 0 radical (unpaired) electrons. The number of ether oxygens (including phenoxy) is 4. The van der Waals surface area contributed by atoms with Gasteiger partial charge in [-0.1, -0.05) is 79.8 Å². The van der Waals surface area contributed by atoms with E-state index in [2.05, 4.69) is 13.8 Å². The summed E-state index contributed by atoms with van der Waals surface area (Å²) in [5.41, 5.74) is 3.92. The monoisotopic (exact) mass is 598 g/mol. The summed E-state index contributed by atoms with van der Waals surface area (Å²) < 4.78 is 24.1. The number of hydrogen-bond donors (Lipinski definition) is 0. The van der Waals surface area contributed by atoms with Crippen molar-refractivity contribution >= 4 is 29.1 Å². The van der Waals surface area contributed by atoms with Crippen molar-refractivity contribution in [3.63, 3.8) is 0 Å². The summed E-state index contributed by atoms with van der Waals surface area (Å²) in [6, 6.07) is 20.4. The molecule has 5 rings (SSSR count). The van der Waals surface area contributed by atoms with Crippen LogP contribution in [-0.2, 0) is 9.53 Å². The largest absolute Gasteiger partial charge is 0.493 e. The Hall–Kier alpha value is -4.63. The molecule has 0 saturated heterocycles. The van der Waals surface area contributed by atoms with Crippen LogP contribution in [0.2, 0.25) is 0 Å². The molecule has 2 heterocycles. The first-order valence-corrected chi connectivity index (χ1v) is 14.8. The molecule has 0 amide bonds.